The number of aryl methyl sites for hydroxylation is 1. The average Bonchev–Trinajstić information content (AvgIpc) is 2.63. The molecular formula is C20H28N4O3. The molecule has 0 radical (unpaired) electrons. The molecule has 1 aromatic carbocycles. The lowest BCUT2D eigenvalue weighted by molar-refractivity contribution is -0.896. The highest BCUT2D eigenvalue weighted by molar-refractivity contribution is 5.82. The summed E-state index contributed by atoms with van der Waals surface area (Å²) in [4.78, 5) is 32.3. The van der Waals surface area contributed by atoms with Crippen molar-refractivity contribution in [2.24, 2.45) is 4.99 Å². The monoisotopic (exact) mass is 372 g/mol. The van der Waals surface area contributed by atoms with Gasteiger partial charge in [-0.1, -0.05) is 12.1 Å². The molecule has 0 bridgehead atoms. The minimum atomic E-state index is -0.735. The molecule has 0 fully saturated rings. The Morgan fingerprint density at radius 1 is 1.22 bits per heavy atom. The third-order valence-electron chi connectivity index (χ3n) is 4.96. The van der Waals surface area contributed by atoms with Gasteiger partial charge in [0.05, 0.1) is 30.9 Å². The number of aromatic amines is 1. The third-order valence-corrected chi connectivity index (χ3v) is 4.96. The lowest BCUT2D eigenvalue weighted by Gasteiger charge is -2.20. The minimum absolute atomic E-state index is 0.120. The second-order valence-electron chi connectivity index (χ2n) is 6.63. The topological polar surface area (TPSA) is 94.7 Å². The van der Waals surface area contributed by atoms with Crippen LogP contribution in [0.15, 0.2) is 32.8 Å². The maximum atomic E-state index is 12.8. The molecule has 2 N–H and O–H groups in total. The van der Waals surface area contributed by atoms with E-state index in [1.54, 1.807) is 12.1 Å². The number of H-pyrrole nitrogens is 1. The van der Waals surface area contributed by atoms with Crippen molar-refractivity contribution in [2.45, 2.75) is 34.1 Å². The second kappa shape index (κ2) is 9.32. The Labute approximate surface area is 159 Å². The summed E-state index contributed by atoms with van der Waals surface area (Å²) in [5.41, 5.74) is 0.685. The summed E-state index contributed by atoms with van der Waals surface area (Å²) in [6, 6.07) is 5.37. The van der Waals surface area contributed by atoms with Crippen LogP contribution in [0.3, 0.4) is 0 Å². The first-order valence-electron chi connectivity index (χ1n) is 9.37. The molecule has 1 heterocycles. The molecule has 0 saturated heterocycles. The summed E-state index contributed by atoms with van der Waals surface area (Å²) in [5, 5.41) is 12.8. The Bertz CT molecular complexity index is 924. The van der Waals surface area contributed by atoms with E-state index in [9.17, 15) is 14.7 Å². The van der Waals surface area contributed by atoms with Crippen molar-refractivity contribution in [1.29, 1.82) is 0 Å². The number of quaternary nitrogens is 1. The Kier molecular flexibility index (Phi) is 7.12. The van der Waals surface area contributed by atoms with Crippen LogP contribution in [0.4, 0.5) is 0 Å². The van der Waals surface area contributed by atoms with Crippen LogP contribution in [0, 0.1) is 13.8 Å². The van der Waals surface area contributed by atoms with Gasteiger partial charge >= 0.3 is 5.69 Å². The van der Waals surface area contributed by atoms with Crippen molar-refractivity contribution in [3.8, 4) is 11.6 Å². The van der Waals surface area contributed by atoms with Gasteiger partial charge in [0.1, 0.15) is 0 Å². The molecule has 1 aromatic heterocycles. The first-order chi connectivity index (χ1) is 12.9. The second-order valence-corrected chi connectivity index (χ2v) is 6.63. The number of aromatic nitrogens is 2. The van der Waals surface area contributed by atoms with Gasteiger partial charge in [0.25, 0.3) is 5.56 Å². The predicted octanol–water partition coefficient (Wildman–Crippen LogP) is -0.0501. The van der Waals surface area contributed by atoms with Crippen LogP contribution < -0.4 is 21.3 Å². The van der Waals surface area contributed by atoms with Gasteiger partial charge in [0.15, 0.2) is 0 Å². The first-order valence-corrected chi connectivity index (χ1v) is 9.37. The fourth-order valence-electron chi connectivity index (χ4n) is 3.02. The summed E-state index contributed by atoms with van der Waals surface area (Å²) in [5.74, 6) is -0.643. The molecule has 7 heteroatoms. The van der Waals surface area contributed by atoms with Crippen LogP contribution in [0.5, 0.6) is 5.88 Å². The molecule has 0 spiro atoms. The lowest BCUT2D eigenvalue weighted by Crippen LogP contribution is -3.11. The maximum absolute atomic E-state index is 12.8. The SMILES string of the molecule is CC[NH+](CC)CCCN=Cc1c([O-])n(-c2cccc(C)c2C)c(=O)[nH]c1=O. The molecule has 2 rings (SSSR count). The highest BCUT2D eigenvalue weighted by Gasteiger charge is 2.11. The van der Waals surface area contributed by atoms with E-state index >= 15 is 0 Å². The number of hydrogen-bond donors (Lipinski definition) is 2. The van der Waals surface area contributed by atoms with E-state index in [2.05, 4.69) is 23.8 Å². The molecule has 0 saturated carbocycles. The molecule has 0 atom stereocenters. The van der Waals surface area contributed by atoms with Crippen LogP contribution in [0.2, 0.25) is 0 Å². The first kappa shape index (κ1) is 20.6. The summed E-state index contributed by atoms with van der Waals surface area (Å²) < 4.78 is 1.01. The van der Waals surface area contributed by atoms with Gasteiger partial charge < -0.3 is 10.0 Å². The predicted molar refractivity (Wildman–Crippen MR) is 106 cm³/mol. The number of rotatable bonds is 8. The van der Waals surface area contributed by atoms with Gasteiger partial charge in [0.2, 0.25) is 0 Å². The zero-order valence-corrected chi connectivity index (χ0v) is 16.5. The molecule has 7 nitrogen and oxygen atoms in total. The molecule has 0 amide bonds. The quantitative estimate of drug-likeness (QED) is 0.502. The molecule has 27 heavy (non-hydrogen) atoms. The van der Waals surface area contributed by atoms with Crippen molar-refractivity contribution in [1.82, 2.24) is 9.55 Å². The zero-order valence-electron chi connectivity index (χ0n) is 16.5. The summed E-state index contributed by atoms with van der Waals surface area (Å²) in [6.45, 7) is 11.7. The molecule has 0 aliphatic heterocycles. The summed E-state index contributed by atoms with van der Waals surface area (Å²) in [7, 11) is 0. The smallest absolute Gasteiger partial charge is 0.332 e. The van der Waals surface area contributed by atoms with E-state index < -0.39 is 17.1 Å². The molecule has 0 aliphatic carbocycles. The number of nitrogens with one attached hydrogen (secondary N) is 2. The van der Waals surface area contributed by atoms with Crippen molar-refractivity contribution in [3.05, 3.63) is 55.7 Å². The van der Waals surface area contributed by atoms with Crippen LogP contribution in [-0.4, -0.2) is 41.9 Å². The highest BCUT2D eigenvalue weighted by Crippen LogP contribution is 2.19. The van der Waals surface area contributed by atoms with Crippen molar-refractivity contribution in [2.75, 3.05) is 26.2 Å². The van der Waals surface area contributed by atoms with Gasteiger partial charge in [-0.3, -0.25) is 19.3 Å². The lowest BCUT2D eigenvalue weighted by atomic mass is 10.1. The van der Waals surface area contributed by atoms with Gasteiger partial charge in [-0.15, -0.1) is 0 Å². The van der Waals surface area contributed by atoms with Crippen LogP contribution >= 0.6 is 0 Å². The number of hydrogen-bond acceptors (Lipinski definition) is 4. The van der Waals surface area contributed by atoms with Crippen LogP contribution in [0.1, 0.15) is 37.0 Å². The van der Waals surface area contributed by atoms with Gasteiger partial charge in [0, 0.05) is 19.2 Å². The van der Waals surface area contributed by atoms with Crippen molar-refractivity contribution < 1.29 is 10.0 Å². The van der Waals surface area contributed by atoms with Crippen molar-refractivity contribution in [3.63, 3.8) is 0 Å². The molecular weight excluding hydrogens is 344 g/mol. The van der Waals surface area contributed by atoms with Gasteiger partial charge in [-0.05, 0) is 50.8 Å². The summed E-state index contributed by atoms with van der Waals surface area (Å²) >= 11 is 0. The number of nitrogens with zero attached hydrogens (tertiary/aromatic N) is 2. The average molecular weight is 372 g/mol. The molecule has 0 unspecified atom stereocenters. The van der Waals surface area contributed by atoms with E-state index in [0.29, 0.717) is 12.2 Å². The fraction of sp³-hybridized carbons (Fsp3) is 0.450. The van der Waals surface area contributed by atoms with E-state index in [1.807, 2.05) is 19.9 Å². The standard InChI is InChI=1S/C20H28N4O3/c1-5-23(6-2)12-8-11-21-13-16-18(25)22-20(27)24(19(16)26)17-10-7-9-14(3)15(17)4/h7,9-10,13,26H,5-6,8,11-12H2,1-4H3,(H,22,25,27). The Hall–Kier alpha value is -2.67. The normalized spacial score (nSPS) is 11.6. The molecule has 2 aromatic rings. The minimum Gasteiger partial charge on any atom is -0.859 e. The van der Waals surface area contributed by atoms with Crippen LogP contribution in [0.25, 0.3) is 5.69 Å². The Morgan fingerprint density at radius 3 is 2.59 bits per heavy atom. The fourth-order valence-corrected chi connectivity index (χ4v) is 3.02. The Morgan fingerprint density at radius 2 is 1.93 bits per heavy atom. The highest BCUT2D eigenvalue weighted by atomic mass is 16.3. The third kappa shape index (κ3) is 4.74. The molecule has 146 valence electrons. The Balaban J connectivity index is 2.31. The van der Waals surface area contributed by atoms with E-state index in [4.69, 9.17) is 0 Å². The van der Waals surface area contributed by atoms with E-state index in [0.717, 1.165) is 41.7 Å². The summed E-state index contributed by atoms with van der Waals surface area (Å²) in [6.07, 6.45) is 2.16. The van der Waals surface area contributed by atoms with E-state index in [-0.39, 0.29) is 5.56 Å². The largest absolute Gasteiger partial charge is 0.859 e. The zero-order chi connectivity index (χ0) is 20.0. The van der Waals surface area contributed by atoms with Crippen molar-refractivity contribution >= 4 is 6.21 Å². The number of benzene rings is 1. The molecule has 0 aliphatic rings. The van der Waals surface area contributed by atoms with E-state index in [1.165, 1.54) is 11.1 Å². The van der Waals surface area contributed by atoms with Gasteiger partial charge in [-0.2, -0.15) is 0 Å². The maximum Gasteiger partial charge on any atom is 0.332 e. The van der Waals surface area contributed by atoms with Gasteiger partial charge in [-0.25, -0.2) is 4.79 Å². The van der Waals surface area contributed by atoms with Crippen LogP contribution in [-0.2, 0) is 0 Å². The number of aliphatic imine (C=N–C) groups is 1.